The van der Waals surface area contributed by atoms with Gasteiger partial charge < -0.3 is 9.47 Å². The maximum Gasteiger partial charge on any atom is 0.238 e. The van der Waals surface area contributed by atoms with Gasteiger partial charge in [0.1, 0.15) is 5.75 Å². The second-order valence-electron chi connectivity index (χ2n) is 8.58. The minimum Gasteiger partial charge on any atom is -0.460 e. The summed E-state index contributed by atoms with van der Waals surface area (Å²) in [7, 11) is 0. The van der Waals surface area contributed by atoms with Crippen LogP contribution in [0.15, 0.2) is 83.8 Å². The minimum absolute atomic E-state index is 0.0527. The Morgan fingerprint density at radius 2 is 1.68 bits per heavy atom. The van der Waals surface area contributed by atoms with Gasteiger partial charge in [-0.3, -0.25) is 9.59 Å². The number of epoxide rings is 1. The molecule has 3 aromatic rings. The van der Waals surface area contributed by atoms with Gasteiger partial charge in [0.2, 0.25) is 12.1 Å². The van der Waals surface area contributed by atoms with Crippen molar-refractivity contribution in [3.8, 4) is 5.75 Å². The number of rotatable bonds is 4. The Kier molecular flexibility index (Phi) is 3.98. The van der Waals surface area contributed by atoms with Gasteiger partial charge in [-0.25, -0.2) is 0 Å². The van der Waals surface area contributed by atoms with Crippen molar-refractivity contribution in [2.75, 3.05) is 0 Å². The number of carbonyl (C=O) groups is 2. The molecule has 1 fully saturated rings. The van der Waals surface area contributed by atoms with Crippen LogP contribution in [0.4, 0.5) is 0 Å². The predicted molar refractivity (Wildman–Crippen MR) is 118 cm³/mol. The SMILES string of the molecule is CC1(CC23OC2Oc2ccccc2C3=O)Sc2ccccc2C1C(=O)c1ccccc1. The van der Waals surface area contributed by atoms with Crippen LogP contribution < -0.4 is 4.74 Å². The monoisotopic (exact) mass is 428 g/mol. The number of para-hydroxylation sites is 1. The highest BCUT2D eigenvalue weighted by Crippen LogP contribution is 2.61. The van der Waals surface area contributed by atoms with E-state index in [0.29, 0.717) is 23.3 Å². The zero-order chi connectivity index (χ0) is 21.2. The fraction of sp³-hybridized carbons (Fsp3) is 0.231. The van der Waals surface area contributed by atoms with Crippen LogP contribution in [-0.2, 0) is 4.74 Å². The second-order valence-corrected chi connectivity index (χ2v) is 10.2. The van der Waals surface area contributed by atoms with Gasteiger partial charge in [0.15, 0.2) is 11.4 Å². The zero-order valence-corrected chi connectivity index (χ0v) is 17.7. The first-order valence-corrected chi connectivity index (χ1v) is 11.2. The third-order valence-corrected chi connectivity index (χ3v) is 7.95. The third-order valence-electron chi connectivity index (χ3n) is 6.51. The van der Waals surface area contributed by atoms with Crippen LogP contribution in [0.1, 0.15) is 45.5 Å². The largest absolute Gasteiger partial charge is 0.460 e. The number of thioether (sulfide) groups is 1. The van der Waals surface area contributed by atoms with E-state index in [1.54, 1.807) is 23.9 Å². The van der Waals surface area contributed by atoms with Crippen molar-refractivity contribution in [1.29, 1.82) is 0 Å². The van der Waals surface area contributed by atoms with Crippen LogP contribution in [0.25, 0.3) is 0 Å². The number of ketones is 2. The fourth-order valence-electron chi connectivity index (χ4n) is 5.04. The lowest BCUT2D eigenvalue weighted by Gasteiger charge is -2.33. The maximum atomic E-state index is 13.7. The van der Waals surface area contributed by atoms with Gasteiger partial charge in [0.05, 0.1) is 11.5 Å². The van der Waals surface area contributed by atoms with Crippen molar-refractivity contribution in [3.05, 3.63) is 95.6 Å². The molecule has 3 aliphatic rings. The summed E-state index contributed by atoms with van der Waals surface area (Å²) in [4.78, 5) is 28.2. The van der Waals surface area contributed by atoms with Crippen molar-refractivity contribution >= 4 is 23.3 Å². The van der Waals surface area contributed by atoms with Crippen LogP contribution in [0.3, 0.4) is 0 Å². The molecule has 3 heterocycles. The molecule has 0 amide bonds. The van der Waals surface area contributed by atoms with Gasteiger partial charge in [-0.05, 0) is 30.7 Å². The molecule has 0 N–H and O–H groups in total. The van der Waals surface area contributed by atoms with E-state index in [0.717, 1.165) is 10.5 Å². The standard InChI is InChI=1S/C26H20O4S/c1-25(15-26-23(28)17-11-5-7-13-19(17)29-24(26)30-26)21(18-12-6-8-14-20(18)31-25)22(27)16-9-3-2-4-10-16/h2-14,21,24H,15H2,1H3. The van der Waals surface area contributed by atoms with E-state index in [-0.39, 0.29) is 17.5 Å². The molecule has 3 aromatic carbocycles. The summed E-state index contributed by atoms with van der Waals surface area (Å²) in [5, 5.41) is 0. The zero-order valence-electron chi connectivity index (χ0n) is 16.9. The number of ether oxygens (including phenoxy) is 2. The topological polar surface area (TPSA) is 55.9 Å². The summed E-state index contributed by atoms with van der Waals surface area (Å²) in [6, 6.07) is 24.7. The van der Waals surface area contributed by atoms with E-state index in [9.17, 15) is 9.59 Å². The number of carbonyl (C=O) groups excluding carboxylic acids is 2. The average Bonchev–Trinajstić information content (AvgIpc) is 3.40. The van der Waals surface area contributed by atoms with E-state index in [4.69, 9.17) is 9.47 Å². The van der Waals surface area contributed by atoms with Gasteiger partial charge in [0, 0.05) is 21.6 Å². The molecule has 0 saturated carbocycles. The third kappa shape index (κ3) is 2.73. The van der Waals surface area contributed by atoms with Crippen molar-refractivity contribution < 1.29 is 19.1 Å². The number of Topliss-reactive ketones (excluding diaryl/α,β-unsaturated/α-hetero) is 2. The van der Waals surface area contributed by atoms with Crippen molar-refractivity contribution in [3.63, 3.8) is 0 Å². The summed E-state index contributed by atoms with van der Waals surface area (Å²) >= 11 is 1.66. The number of benzene rings is 3. The lowest BCUT2D eigenvalue weighted by molar-refractivity contribution is 0.0821. The van der Waals surface area contributed by atoms with Gasteiger partial charge in [-0.2, -0.15) is 0 Å². The Bertz CT molecular complexity index is 1220. The molecule has 0 radical (unpaired) electrons. The molecular formula is C26H20O4S. The smallest absolute Gasteiger partial charge is 0.238 e. The van der Waals surface area contributed by atoms with E-state index < -0.39 is 16.6 Å². The van der Waals surface area contributed by atoms with Crippen molar-refractivity contribution in [2.24, 2.45) is 0 Å². The van der Waals surface area contributed by atoms with Crippen LogP contribution >= 0.6 is 11.8 Å². The van der Waals surface area contributed by atoms with Gasteiger partial charge in [-0.1, -0.05) is 60.7 Å². The van der Waals surface area contributed by atoms with E-state index in [2.05, 4.69) is 6.92 Å². The van der Waals surface area contributed by atoms with Gasteiger partial charge >= 0.3 is 0 Å². The molecular weight excluding hydrogens is 408 g/mol. The Hall–Kier alpha value is -2.89. The van der Waals surface area contributed by atoms with E-state index in [1.807, 2.05) is 66.7 Å². The highest BCUT2D eigenvalue weighted by Gasteiger charge is 2.71. The summed E-state index contributed by atoms with van der Waals surface area (Å²) < 4.78 is 11.3. The Balaban J connectivity index is 1.40. The Morgan fingerprint density at radius 3 is 2.52 bits per heavy atom. The molecule has 0 aromatic heterocycles. The maximum absolute atomic E-state index is 13.7. The lowest BCUT2D eigenvalue weighted by atomic mass is 9.75. The highest BCUT2D eigenvalue weighted by atomic mass is 32.2. The summed E-state index contributed by atoms with van der Waals surface area (Å²) in [6.45, 7) is 2.07. The molecule has 4 nitrogen and oxygen atoms in total. The Labute approximate surface area is 184 Å². The molecule has 1 saturated heterocycles. The molecule has 0 aliphatic carbocycles. The van der Waals surface area contributed by atoms with Crippen LogP contribution in [0.2, 0.25) is 0 Å². The molecule has 0 bridgehead atoms. The quantitative estimate of drug-likeness (QED) is 0.418. The second kappa shape index (κ2) is 6.55. The molecule has 3 aliphatic heterocycles. The first-order chi connectivity index (χ1) is 15.0. The fourth-order valence-corrected chi connectivity index (χ4v) is 6.63. The van der Waals surface area contributed by atoms with E-state index >= 15 is 0 Å². The first-order valence-electron chi connectivity index (χ1n) is 10.4. The molecule has 4 unspecified atom stereocenters. The van der Waals surface area contributed by atoms with Gasteiger partial charge in [0.25, 0.3) is 0 Å². The van der Waals surface area contributed by atoms with Crippen molar-refractivity contribution in [2.45, 2.75) is 40.8 Å². The molecule has 5 heteroatoms. The molecule has 154 valence electrons. The van der Waals surface area contributed by atoms with Gasteiger partial charge in [-0.15, -0.1) is 11.8 Å². The van der Waals surface area contributed by atoms with E-state index in [1.165, 1.54) is 0 Å². The first kappa shape index (κ1) is 18.8. The van der Waals surface area contributed by atoms with Crippen LogP contribution in [0.5, 0.6) is 5.75 Å². The summed E-state index contributed by atoms with van der Waals surface area (Å²) in [5.74, 6) is 0.206. The number of hydrogen-bond acceptors (Lipinski definition) is 5. The average molecular weight is 429 g/mol. The van der Waals surface area contributed by atoms with Crippen molar-refractivity contribution in [1.82, 2.24) is 0 Å². The van der Waals surface area contributed by atoms with Crippen LogP contribution in [-0.4, -0.2) is 28.2 Å². The number of fused-ring (bicyclic) bond motifs is 3. The molecule has 6 rings (SSSR count). The molecule has 4 atom stereocenters. The molecule has 0 spiro atoms. The Morgan fingerprint density at radius 1 is 0.968 bits per heavy atom. The van der Waals surface area contributed by atoms with Crippen LogP contribution in [0, 0.1) is 0 Å². The normalized spacial score (nSPS) is 30.0. The lowest BCUT2D eigenvalue weighted by Crippen LogP contribution is -2.43. The summed E-state index contributed by atoms with van der Waals surface area (Å²) in [6.07, 6.45) is -0.191. The number of hydrogen-bond donors (Lipinski definition) is 0. The summed E-state index contributed by atoms with van der Waals surface area (Å²) in [5.41, 5.74) is 1.21. The minimum atomic E-state index is -1.03. The predicted octanol–water partition coefficient (Wildman–Crippen LogP) is 5.28. The molecule has 31 heavy (non-hydrogen) atoms. The highest BCUT2D eigenvalue weighted by molar-refractivity contribution is 8.01.